The monoisotopic (exact) mass is 250 g/mol. The van der Waals surface area contributed by atoms with E-state index in [1.54, 1.807) is 12.1 Å². The maximum Gasteiger partial charge on any atom is 0.205 e. The molecule has 0 aliphatic rings. The Morgan fingerprint density at radius 1 is 1.35 bits per heavy atom. The highest BCUT2D eigenvalue weighted by atomic mass is 32.1. The fourth-order valence-corrected chi connectivity index (χ4v) is 1.99. The van der Waals surface area contributed by atoms with Crippen LogP contribution in [0.2, 0.25) is 0 Å². The van der Waals surface area contributed by atoms with Crippen LogP contribution in [0.1, 0.15) is 16.7 Å². The molecule has 0 amide bonds. The van der Waals surface area contributed by atoms with Crippen LogP contribution in [0.5, 0.6) is 0 Å². The van der Waals surface area contributed by atoms with Crippen LogP contribution in [-0.2, 0) is 0 Å². The highest BCUT2D eigenvalue weighted by molar-refractivity contribution is 7.15. The van der Waals surface area contributed by atoms with E-state index < -0.39 is 6.10 Å². The molecular formula is C11H14N4OS. The first kappa shape index (κ1) is 11.8. The maximum atomic E-state index is 9.93. The molecule has 0 aliphatic carbocycles. The van der Waals surface area contributed by atoms with Gasteiger partial charge < -0.3 is 16.2 Å². The molecule has 1 atom stereocenters. The average molecular weight is 250 g/mol. The molecule has 5 nitrogen and oxygen atoms in total. The predicted molar refractivity (Wildman–Crippen MR) is 68.9 cm³/mol. The zero-order chi connectivity index (χ0) is 12.3. The molecule has 2 rings (SSSR count). The summed E-state index contributed by atoms with van der Waals surface area (Å²) in [4.78, 5) is 0. The fourth-order valence-electron chi connectivity index (χ4n) is 1.39. The van der Waals surface area contributed by atoms with E-state index in [0.717, 1.165) is 15.7 Å². The van der Waals surface area contributed by atoms with Gasteiger partial charge in [0.25, 0.3) is 0 Å². The Bertz CT molecular complexity index is 482. The van der Waals surface area contributed by atoms with Crippen molar-refractivity contribution >= 4 is 22.2 Å². The third-order valence-electron chi connectivity index (χ3n) is 2.29. The van der Waals surface area contributed by atoms with Crippen LogP contribution in [-0.4, -0.2) is 21.8 Å². The van der Waals surface area contributed by atoms with Gasteiger partial charge in [0.15, 0.2) is 0 Å². The van der Waals surface area contributed by atoms with E-state index in [-0.39, 0.29) is 0 Å². The Morgan fingerprint density at radius 3 is 2.65 bits per heavy atom. The molecule has 0 spiro atoms. The minimum absolute atomic E-state index is 0.401. The van der Waals surface area contributed by atoms with Gasteiger partial charge in [-0.3, -0.25) is 0 Å². The zero-order valence-corrected chi connectivity index (χ0v) is 10.2. The summed E-state index contributed by atoms with van der Waals surface area (Å²) in [5, 5.41) is 22.4. The third kappa shape index (κ3) is 3.15. The van der Waals surface area contributed by atoms with Crippen LogP contribution in [0.25, 0.3) is 0 Å². The normalized spacial score (nSPS) is 12.4. The van der Waals surface area contributed by atoms with Crippen LogP contribution >= 0.6 is 11.3 Å². The largest absolute Gasteiger partial charge is 0.399 e. The van der Waals surface area contributed by atoms with Gasteiger partial charge in [0.2, 0.25) is 5.13 Å². The number of aromatic nitrogens is 2. The smallest absolute Gasteiger partial charge is 0.205 e. The molecule has 6 heteroatoms. The topological polar surface area (TPSA) is 84.1 Å². The predicted octanol–water partition coefficient (Wildman–Crippen LogP) is 1.57. The lowest BCUT2D eigenvalue weighted by molar-refractivity contribution is 0.191. The molecule has 17 heavy (non-hydrogen) atoms. The first-order valence-corrected chi connectivity index (χ1v) is 6.04. The molecular weight excluding hydrogens is 236 g/mol. The second kappa shape index (κ2) is 5.11. The molecule has 1 aromatic heterocycles. The minimum atomic E-state index is -0.584. The Labute approximate surface area is 103 Å². The molecule has 0 fully saturated rings. The first-order chi connectivity index (χ1) is 8.15. The number of nitrogens with zero attached hydrogens (tertiary/aromatic N) is 2. The number of aliphatic hydroxyl groups excluding tert-OH is 1. The van der Waals surface area contributed by atoms with Gasteiger partial charge >= 0.3 is 0 Å². The van der Waals surface area contributed by atoms with Crippen molar-refractivity contribution in [1.82, 2.24) is 10.2 Å². The highest BCUT2D eigenvalue weighted by Gasteiger charge is 2.08. The molecule has 0 bridgehead atoms. The second-order valence-electron chi connectivity index (χ2n) is 3.69. The Hall–Kier alpha value is -1.66. The number of hydrogen-bond donors (Lipinski definition) is 3. The number of benzene rings is 1. The lowest BCUT2D eigenvalue weighted by Gasteiger charge is -2.11. The van der Waals surface area contributed by atoms with Gasteiger partial charge in [0.1, 0.15) is 5.01 Å². The lowest BCUT2D eigenvalue weighted by atomic mass is 10.1. The van der Waals surface area contributed by atoms with E-state index in [1.165, 1.54) is 11.3 Å². The van der Waals surface area contributed by atoms with Crippen molar-refractivity contribution in [3.05, 3.63) is 34.8 Å². The van der Waals surface area contributed by atoms with Crippen molar-refractivity contribution in [3.63, 3.8) is 0 Å². The van der Waals surface area contributed by atoms with Gasteiger partial charge in [0.05, 0.1) is 6.10 Å². The zero-order valence-electron chi connectivity index (χ0n) is 9.42. The number of aliphatic hydroxyl groups is 1. The number of anilines is 2. The molecule has 2 aromatic rings. The van der Waals surface area contributed by atoms with E-state index in [9.17, 15) is 5.11 Å². The van der Waals surface area contributed by atoms with Gasteiger partial charge in [-0.05, 0) is 24.6 Å². The molecule has 1 unspecified atom stereocenters. The average Bonchev–Trinajstić information content (AvgIpc) is 2.73. The van der Waals surface area contributed by atoms with Crippen molar-refractivity contribution in [2.24, 2.45) is 0 Å². The van der Waals surface area contributed by atoms with Crippen molar-refractivity contribution in [2.45, 2.75) is 13.0 Å². The highest BCUT2D eigenvalue weighted by Crippen LogP contribution is 2.18. The van der Waals surface area contributed by atoms with Gasteiger partial charge in [-0.15, -0.1) is 10.2 Å². The molecule has 0 saturated heterocycles. The van der Waals surface area contributed by atoms with Gasteiger partial charge in [-0.1, -0.05) is 23.5 Å². The molecule has 0 aliphatic heterocycles. The molecule has 0 saturated carbocycles. The summed E-state index contributed by atoms with van der Waals surface area (Å²) in [5.74, 6) is 0. The van der Waals surface area contributed by atoms with Gasteiger partial charge in [0, 0.05) is 12.2 Å². The van der Waals surface area contributed by atoms with E-state index in [4.69, 9.17) is 5.73 Å². The SMILES string of the molecule is Cc1nnc(NCC(O)c2ccc(N)cc2)s1. The number of nitrogen functional groups attached to an aromatic ring is 1. The molecule has 4 N–H and O–H groups in total. The molecule has 0 radical (unpaired) electrons. The number of rotatable bonds is 4. The van der Waals surface area contributed by atoms with E-state index >= 15 is 0 Å². The quantitative estimate of drug-likeness (QED) is 0.717. The van der Waals surface area contributed by atoms with Crippen LogP contribution in [0.4, 0.5) is 10.8 Å². The molecule has 1 heterocycles. The van der Waals surface area contributed by atoms with Crippen molar-refractivity contribution in [1.29, 1.82) is 0 Å². The summed E-state index contributed by atoms with van der Waals surface area (Å²) < 4.78 is 0. The number of hydrogen-bond acceptors (Lipinski definition) is 6. The summed E-state index contributed by atoms with van der Waals surface area (Å²) in [6, 6.07) is 7.17. The van der Waals surface area contributed by atoms with Gasteiger partial charge in [-0.25, -0.2) is 0 Å². The lowest BCUT2D eigenvalue weighted by Crippen LogP contribution is -2.12. The standard InChI is InChI=1S/C11H14N4OS/c1-7-14-15-11(17-7)13-6-10(16)8-2-4-9(12)5-3-8/h2-5,10,16H,6,12H2,1H3,(H,13,15). The minimum Gasteiger partial charge on any atom is -0.399 e. The van der Waals surface area contributed by atoms with Gasteiger partial charge in [-0.2, -0.15) is 0 Å². The number of nitrogens with one attached hydrogen (secondary N) is 1. The van der Waals surface area contributed by atoms with Crippen LogP contribution < -0.4 is 11.1 Å². The van der Waals surface area contributed by atoms with E-state index in [2.05, 4.69) is 15.5 Å². The van der Waals surface area contributed by atoms with E-state index in [0.29, 0.717) is 12.2 Å². The molecule has 1 aromatic carbocycles. The van der Waals surface area contributed by atoms with Crippen molar-refractivity contribution < 1.29 is 5.11 Å². The summed E-state index contributed by atoms with van der Waals surface area (Å²) in [6.07, 6.45) is -0.584. The van der Waals surface area contributed by atoms with E-state index in [1.807, 2.05) is 19.1 Å². The maximum absolute atomic E-state index is 9.93. The Morgan fingerprint density at radius 2 is 2.06 bits per heavy atom. The summed E-state index contributed by atoms with van der Waals surface area (Å²) >= 11 is 1.46. The number of nitrogens with two attached hydrogens (primary N) is 1. The Balaban J connectivity index is 1.93. The van der Waals surface area contributed by atoms with Crippen molar-refractivity contribution in [3.8, 4) is 0 Å². The van der Waals surface area contributed by atoms with Crippen LogP contribution in [0, 0.1) is 6.92 Å². The fraction of sp³-hybridized carbons (Fsp3) is 0.273. The van der Waals surface area contributed by atoms with Crippen LogP contribution in [0.15, 0.2) is 24.3 Å². The Kier molecular flexibility index (Phi) is 3.55. The summed E-state index contributed by atoms with van der Waals surface area (Å²) in [6.45, 7) is 2.29. The third-order valence-corrected chi connectivity index (χ3v) is 3.09. The van der Waals surface area contributed by atoms with Crippen LogP contribution in [0.3, 0.4) is 0 Å². The summed E-state index contributed by atoms with van der Waals surface area (Å²) in [5.41, 5.74) is 7.10. The van der Waals surface area contributed by atoms with Crippen molar-refractivity contribution in [2.75, 3.05) is 17.6 Å². The molecule has 90 valence electrons. The number of aryl methyl sites for hydroxylation is 1. The second-order valence-corrected chi connectivity index (χ2v) is 4.87. The first-order valence-electron chi connectivity index (χ1n) is 5.22. The summed E-state index contributed by atoms with van der Waals surface area (Å²) in [7, 11) is 0.